The molecule has 1 aromatic carbocycles. The second-order valence-electron chi connectivity index (χ2n) is 4.75. The topological polar surface area (TPSA) is 90.2 Å². The van der Waals surface area contributed by atoms with Crippen LogP contribution in [0.25, 0.3) is 0 Å². The van der Waals surface area contributed by atoms with Crippen molar-refractivity contribution in [1.82, 2.24) is 4.72 Å². The SMILES string of the molecule is Cc1cc(S(=O)(=O)NCC(O)C(C)C)ccc1C#N. The summed E-state index contributed by atoms with van der Waals surface area (Å²) in [4.78, 5) is 0.0972. The Hall–Kier alpha value is -1.42. The highest BCUT2D eigenvalue weighted by Gasteiger charge is 2.18. The van der Waals surface area contributed by atoms with Crippen molar-refractivity contribution in [3.05, 3.63) is 29.3 Å². The van der Waals surface area contributed by atoms with Crippen LogP contribution in [0.3, 0.4) is 0 Å². The van der Waals surface area contributed by atoms with Gasteiger partial charge in [-0.15, -0.1) is 0 Å². The Morgan fingerprint density at radius 2 is 2.05 bits per heavy atom. The lowest BCUT2D eigenvalue weighted by Crippen LogP contribution is -2.34. The van der Waals surface area contributed by atoms with E-state index in [0.717, 1.165) is 0 Å². The molecule has 1 aromatic rings. The van der Waals surface area contributed by atoms with Crippen molar-refractivity contribution < 1.29 is 13.5 Å². The Morgan fingerprint density at radius 1 is 1.42 bits per heavy atom. The summed E-state index contributed by atoms with van der Waals surface area (Å²) in [6, 6.07) is 6.29. The molecule has 0 aromatic heterocycles. The van der Waals surface area contributed by atoms with Gasteiger partial charge in [0.25, 0.3) is 0 Å². The predicted octanol–water partition coefficient (Wildman–Crippen LogP) is 1.16. The quantitative estimate of drug-likeness (QED) is 0.848. The van der Waals surface area contributed by atoms with Crippen molar-refractivity contribution >= 4 is 10.0 Å². The number of aryl methyl sites for hydroxylation is 1. The maximum atomic E-state index is 12.0. The van der Waals surface area contributed by atoms with Gasteiger partial charge in [-0.1, -0.05) is 13.8 Å². The average Bonchev–Trinajstić information content (AvgIpc) is 2.35. The maximum absolute atomic E-state index is 12.0. The first-order valence-corrected chi connectivity index (χ1v) is 7.44. The van der Waals surface area contributed by atoms with Gasteiger partial charge in [-0.05, 0) is 36.6 Å². The molecule has 1 rings (SSSR count). The fourth-order valence-electron chi connectivity index (χ4n) is 1.44. The Morgan fingerprint density at radius 3 is 2.53 bits per heavy atom. The summed E-state index contributed by atoms with van der Waals surface area (Å²) >= 11 is 0. The molecule has 0 heterocycles. The minimum atomic E-state index is -3.66. The predicted molar refractivity (Wildman–Crippen MR) is 71.9 cm³/mol. The number of sulfonamides is 1. The van der Waals surface area contributed by atoms with Gasteiger partial charge in [0.1, 0.15) is 0 Å². The Bertz CT molecular complexity index is 588. The van der Waals surface area contributed by atoms with E-state index >= 15 is 0 Å². The molecule has 0 amide bonds. The fraction of sp³-hybridized carbons (Fsp3) is 0.462. The van der Waals surface area contributed by atoms with E-state index in [1.54, 1.807) is 6.92 Å². The number of hydrogen-bond acceptors (Lipinski definition) is 4. The third-order valence-electron chi connectivity index (χ3n) is 2.88. The zero-order chi connectivity index (χ0) is 14.6. The summed E-state index contributed by atoms with van der Waals surface area (Å²) in [5, 5.41) is 18.4. The molecule has 1 unspecified atom stereocenters. The van der Waals surface area contributed by atoms with E-state index in [-0.39, 0.29) is 17.4 Å². The van der Waals surface area contributed by atoms with Crippen molar-refractivity contribution in [1.29, 1.82) is 5.26 Å². The molecule has 6 heteroatoms. The van der Waals surface area contributed by atoms with Gasteiger partial charge in [-0.3, -0.25) is 0 Å². The molecule has 0 aliphatic heterocycles. The normalized spacial score (nSPS) is 13.3. The molecule has 104 valence electrons. The van der Waals surface area contributed by atoms with E-state index < -0.39 is 16.1 Å². The number of aliphatic hydroxyl groups excluding tert-OH is 1. The van der Waals surface area contributed by atoms with Crippen LogP contribution in [0.15, 0.2) is 23.1 Å². The summed E-state index contributed by atoms with van der Waals surface area (Å²) in [5.74, 6) is -0.0228. The van der Waals surface area contributed by atoms with Gasteiger partial charge < -0.3 is 5.11 Å². The molecule has 0 aliphatic carbocycles. The third kappa shape index (κ3) is 4.03. The standard InChI is InChI=1S/C13H18N2O3S/c1-9(2)13(16)8-15-19(17,18)12-5-4-11(7-14)10(3)6-12/h4-6,9,13,15-16H,8H2,1-3H3. The largest absolute Gasteiger partial charge is 0.391 e. The molecular weight excluding hydrogens is 264 g/mol. The van der Waals surface area contributed by atoms with Crippen LogP contribution < -0.4 is 4.72 Å². The minimum Gasteiger partial charge on any atom is -0.391 e. The zero-order valence-corrected chi connectivity index (χ0v) is 12.0. The molecular formula is C13H18N2O3S. The van der Waals surface area contributed by atoms with Gasteiger partial charge in [-0.2, -0.15) is 5.26 Å². The van der Waals surface area contributed by atoms with E-state index in [1.807, 2.05) is 19.9 Å². The summed E-state index contributed by atoms with van der Waals surface area (Å²) in [6.45, 7) is 5.27. The van der Waals surface area contributed by atoms with Crippen LogP contribution >= 0.6 is 0 Å². The first kappa shape index (κ1) is 15.6. The van der Waals surface area contributed by atoms with Crippen LogP contribution in [0.1, 0.15) is 25.0 Å². The van der Waals surface area contributed by atoms with E-state index in [9.17, 15) is 13.5 Å². The first-order valence-electron chi connectivity index (χ1n) is 5.96. The summed E-state index contributed by atoms with van der Waals surface area (Å²) in [6.07, 6.45) is -0.728. The number of benzene rings is 1. The monoisotopic (exact) mass is 282 g/mol. The summed E-state index contributed by atoms with van der Waals surface area (Å²) in [7, 11) is -3.66. The second kappa shape index (κ2) is 6.15. The van der Waals surface area contributed by atoms with Crippen LogP contribution in [0.5, 0.6) is 0 Å². The van der Waals surface area contributed by atoms with Crippen molar-refractivity contribution in [3.63, 3.8) is 0 Å². The van der Waals surface area contributed by atoms with E-state index in [4.69, 9.17) is 5.26 Å². The fourth-order valence-corrected chi connectivity index (χ4v) is 2.58. The van der Waals surface area contributed by atoms with Crippen LogP contribution in [-0.4, -0.2) is 26.2 Å². The van der Waals surface area contributed by atoms with Crippen LogP contribution in [-0.2, 0) is 10.0 Å². The maximum Gasteiger partial charge on any atom is 0.240 e. The van der Waals surface area contributed by atoms with Crippen LogP contribution in [0, 0.1) is 24.2 Å². The van der Waals surface area contributed by atoms with Crippen molar-refractivity contribution in [2.45, 2.75) is 31.8 Å². The lowest BCUT2D eigenvalue weighted by molar-refractivity contribution is 0.129. The molecule has 0 saturated heterocycles. The Kier molecular flexibility index (Phi) is 5.06. The molecule has 0 radical (unpaired) electrons. The highest BCUT2D eigenvalue weighted by molar-refractivity contribution is 7.89. The molecule has 2 N–H and O–H groups in total. The van der Waals surface area contributed by atoms with Gasteiger partial charge in [0.15, 0.2) is 0 Å². The van der Waals surface area contributed by atoms with Crippen molar-refractivity contribution in [2.75, 3.05) is 6.54 Å². The molecule has 0 bridgehead atoms. The van der Waals surface area contributed by atoms with Crippen molar-refractivity contribution in [2.24, 2.45) is 5.92 Å². The minimum absolute atomic E-state index is 0.0228. The van der Waals surface area contributed by atoms with E-state index in [0.29, 0.717) is 11.1 Å². The molecule has 0 fully saturated rings. The molecule has 5 nitrogen and oxygen atoms in total. The highest BCUT2D eigenvalue weighted by Crippen LogP contribution is 2.15. The number of nitrogens with one attached hydrogen (secondary N) is 1. The van der Waals surface area contributed by atoms with E-state index in [1.165, 1.54) is 18.2 Å². The molecule has 1 atom stereocenters. The second-order valence-corrected chi connectivity index (χ2v) is 6.52. The number of aliphatic hydroxyl groups is 1. The van der Waals surface area contributed by atoms with Gasteiger partial charge in [0.2, 0.25) is 10.0 Å². The number of rotatable bonds is 5. The van der Waals surface area contributed by atoms with Gasteiger partial charge in [0, 0.05) is 6.54 Å². The number of nitriles is 1. The Balaban J connectivity index is 2.90. The lowest BCUT2D eigenvalue weighted by Gasteiger charge is -2.15. The smallest absolute Gasteiger partial charge is 0.240 e. The van der Waals surface area contributed by atoms with Gasteiger partial charge in [0.05, 0.1) is 22.6 Å². The van der Waals surface area contributed by atoms with E-state index in [2.05, 4.69) is 4.72 Å². The Labute approximate surface area is 113 Å². The number of nitrogens with zero attached hydrogens (tertiary/aromatic N) is 1. The summed E-state index contributed by atoms with van der Waals surface area (Å²) < 4.78 is 26.4. The lowest BCUT2D eigenvalue weighted by atomic mass is 10.1. The molecule has 19 heavy (non-hydrogen) atoms. The third-order valence-corrected chi connectivity index (χ3v) is 4.30. The molecule has 0 spiro atoms. The summed E-state index contributed by atoms with van der Waals surface area (Å²) in [5.41, 5.74) is 1.05. The van der Waals surface area contributed by atoms with Crippen LogP contribution in [0.4, 0.5) is 0 Å². The number of hydrogen-bond donors (Lipinski definition) is 2. The van der Waals surface area contributed by atoms with Crippen LogP contribution in [0.2, 0.25) is 0 Å². The van der Waals surface area contributed by atoms with Gasteiger partial charge in [-0.25, -0.2) is 13.1 Å². The average molecular weight is 282 g/mol. The van der Waals surface area contributed by atoms with Gasteiger partial charge >= 0.3 is 0 Å². The molecule has 0 aliphatic rings. The first-order chi connectivity index (χ1) is 8.77. The zero-order valence-electron chi connectivity index (χ0n) is 11.2. The van der Waals surface area contributed by atoms with Crippen molar-refractivity contribution in [3.8, 4) is 6.07 Å². The highest BCUT2D eigenvalue weighted by atomic mass is 32.2. The molecule has 0 saturated carbocycles.